The normalized spacial score (nSPS) is 11.9. The third kappa shape index (κ3) is 5.04. The molecule has 0 N–H and O–H groups in total. The largest absolute Gasteiger partial charge is 0.422 e. The third-order valence-electron chi connectivity index (χ3n) is 6.00. The van der Waals surface area contributed by atoms with Crippen LogP contribution in [0.15, 0.2) is 60.7 Å². The molecule has 0 atom stereocenters. The van der Waals surface area contributed by atoms with Gasteiger partial charge in [-0.3, -0.25) is 0 Å². The van der Waals surface area contributed by atoms with Crippen LogP contribution in [0.5, 0.6) is 0 Å². The average Bonchev–Trinajstić information content (AvgIpc) is 2.78. The van der Waals surface area contributed by atoms with E-state index in [0.717, 1.165) is 43.4 Å². The van der Waals surface area contributed by atoms with Gasteiger partial charge in [-0.05, 0) is 53.1 Å². The number of alkyl halides is 3. The highest BCUT2D eigenvalue weighted by atomic mass is 19.4. The fourth-order valence-corrected chi connectivity index (χ4v) is 4.22. The van der Waals surface area contributed by atoms with Gasteiger partial charge in [-0.1, -0.05) is 62.2 Å². The van der Waals surface area contributed by atoms with Crippen molar-refractivity contribution in [3.63, 3.8) is 0 Å². The summed E-state index contributed by atoms with van der Waals surface area (Å²) in [6, 6.07) is 13.1. The molecule has 0 unspecified atom stereocenters. The lowest BCUT2D eigenvalue weighted by Crippen LogP contribution is -2.11. The Hall–Kier alpha value is -3.35. The van der Waals surface area contributed by atoms with E-state index in [1.807, 2.05) is 12.1 Å². The molecule has 0 aliphatic carbocycles. The predicted molar refractivity (Wildman–Crippen MR) is 123 cm³/mol. The highest BCUT2D eigenvalue weighted by molar-refractivity contribution is 5.89. The molecule has 0 nitrogen and oxygen atoms in total. The van der Waals surface area contributed by atoms with E-state index in [-0.39, 0.29) is 16.7 Å². The summed E-state index contributed by atoms with van der Waals surface area (Å²) in [5, 5.41) is 1.09. The highest BCUT2D eigenvalue weighted by Gasteiger charge is 2.38. The maximum atomic E-state index is 15.3. The van der Waals surface area contributed by atoms with Gasteiger partial charge in [0.15, 0.2) is 0 Å². The Morgan fingerprint density at radius 1 is 0.657 bits per heavy atom. The van der Waals surface area contributed by atoms with Crippen molar-refractivity contribution < 1.29 is 30.7 Å². The fourth-order valence-electron chi connectivity index (χ4n) is 4.22. The summed E-state index contributed by atoms with van der Waals surface area (Å²) < 4.78 is 96.5. The molecule has 7 heteroatoms. The molecule has 0 radical (unpaired) electrons. The van der Waals surface area contributed by atoms with Crippen LogP contribution >= 0.6 is 0 Å². The molecular formula is C28H21F7. The minimum absolute atomic E-state index is 0.131. The monoisotopic (exact) mass is 490 g/mol. The number of hydrogen-bond acceptors (Lipinski definition) is 0. The van der Waals surface area contributed by atoms with Crippen LogP contribution in [-0.2, 0) is 12.6 Å². The van der Waals surface area contributed by atoms with Gasteiger partial charge < -0.3 is 0 Å². The van der Waals surface area contributed by atoms with Crippen LogP contribution in [0.1, 0.15) is 37.3 Å². The summed E-state index contributed by atoms with van der Waals surface area (Å²) in [5.74, 6) is -5.18. The molecule has 0 spiro atoms. The number of halogens is 7. The molecule has 0 aliphatic heterocycles. The van der Waals surface area contributed by atoms with Crippen molar-refractivity contribution in [2.75, 3.05) is 0 Å². The quantitative estimate of drug-likeness (QED) is 0.187. The minimum Gasteiger partial charge on any atom is -0.206 e. The first-order valence-electron chi connectivity index (χ1n) is 11.2. The number of unbranched alkanes of at least 4 members (excludes halogenated alkanes) is 2. The van der Waals surface area contributed by atoms with E-state index >= 15 is 4.39 Å². The summed E-state index contributed by atoms with van der Waals surface area (Å²) in [4.78, 5) is 0. The lowest BCUT2D eigenvalue weighted by atomic mass is 9.95. The minimum atomic E-state index is -5.22. The maximum absolute atomic E-state index is 15.3. The molecule has 0 amide bonds. The molecule has 35 heavy (non-hydrogen) atoms. The van der Waals surface area contributed by atoms with Crippen molar-refractivity contribution in [1.29, 1.82) is 0 Å². The zero-order valence-electron chi connectivity index (χ0n) is 18.7. The summed E-state index contributed by atoms with van der Waals surface area (Å²) in [7, 11) is 0. The molecule has 0 saturated heterocycles. The van der Waals surface area contributed by atoms with E-state index < -0.39 is 40.6 Å². The van der Waals surface area contributed by atoms with E-state index in [1.54, 1.807) is 12.1 Å². The summed E-state index contributed by atoms with van der Waals surface area (Å²) in [6.07, 6.45) is -1.08. The van der Waals surface area contributed by atoms with E-state index in [0.29, 0.717) is 22.9 Å². The molecule has 4 rings (SSSR count). The number of benzene rings is 4. The van der Waals surface area contributed by atoms with Gasteiger partial charge in [-0.15, -0.1) is 0 Å². The van der Waals surface area contributed by atoms with Crippen LogP contribution in [0.25, 0.3) is 33.0 Å². The van der Waals surface area contributed by atoms with Gasteiger partial charge in [0, 0.05) is 16.5 Å². The van der Waals surface area contributed by atoms with Crippen LogP contribution in [0, 0.1) is 23.3 Å². The SMILES string of the molecule is CCCCCc1ccc2c(F)c(-c3ccc(-c4cc(F)c(C(F)(F)F)c(F)c4)c(F)c3)ccc2c1. The van der Waals surface area contributed by atoms with Crippen LogP contribution in [0.3, 0.4) is 0 Å². The zero-order chi connectivity index (χ0) is 25.3. The fraction of sp³-hybridized carbons (Fsp3) is 0.214. The number of rotatable bonds is 6. The van der Waals surface area contributed by atoms with Gasteiger partial charge in [0.1, 0.15) is 28.8 Å². The van der Waals surface area contributed by atoms with Gasteiger partial charge in [-0.25, -0.2) is 17.6 Å². The third-order valence-corrected chi connectivity index (χ3v) is 6.00. The van der Waals surface area contributed by atoms with Crippen molar-refractivity contribution in [3.05, 3.63) is 95.1 Å². The van der Waals surface area contributed by atoms with Crippen molar-refractivity contribution in [3.8, 4) is 22.3 Å². The summed E-state index contributed by atoms with van der Waals surface area (Å²) >= 11 is 0. The van der Waals surface area contributed by atoms with E-state index in [4.69, 9.17) is 0 Å². The van der Waals surface area contributed by atoms with Crippen LogP contribution in [0.4, 0.5) is 30.7 Å². The van der Waals surface area contributed by atoms with E-state index in [1.165, 1.54) is 12.1 Å². The standard InChI is InChI=1S/C28H21F7/c1-2-3-4-5-16-6-9-21-17(12-16)8-11-22(27(21)32)18-7-10-20(23(29)13-18)19-14-24(30)26(25(31)15-19)28(33,34)35/h6-15H,2-5H2,1H3. The predicted octanol–water partition coefficient (Wildman–Crippen LogP) is 9.48. The summed E-state index contributed by atoms with van der Waals surface area (Å²) in [6.45, 7) is 2.12. The lowest BCUT2D eigenvalue weighted by molar-refractivity contribution is -0.142. The van der Waals surface area contributed by atoms with Crippen molar-refractivity contribution in [2.45, 2.75) is 38.8 Å². The molecular weight excluding hydrogens is 469 g/mol. The number of aryl methyl sites for hydroxylation is 1. The zero-order valence-corrected chi connectivity index (χ0v) is 18.7. The smallest absolute Gasteiger partial charge is 0.206 e. The van der Waals surface area contributed by atoms with Crippen LogP contribution in [0.2, 0.25) is 0 Å². The van der Waals surface area contributed by atoms with Crippen LogP contribution < -0.4 is 0 Å². The Kier molecular flexibility index (Phi) is 6.88. The van der Waals surface area contributed by atoms with Gasteiger partial charge in [-0.2, -0.15) is 13.2 Å². The molecule has 4 aromatic rings. The highest BCUT2D eigenvalue weighted by Crippen LogP contribution is 2.37. The van der Waals surface area contributed by atoms with Crippen molar-refractivity contribution in [1.82, 2.24) is 0 Å². The van der Waals surface area contributed by atoms with Gasteiger partial charge in [0.25, 0.3) is 0 Å². The Morgan fingerprint density at radius 2 is 1.31 bits per heavy atom. The van der Waals surface area contributed by atoms with E-state index in [2.05, 4.69) is 6.92 Å². The second-order valence-electron chi connectivity index (χ2n) is 8.45. The van der Waals surface area contributed by atoms with Crippen molar-refractivity contribution in [2.24, 2.45) is 0 Å². The number of hydrogen-bond donors (Lipinski definition) is 0. The Balaban J connectivity index is 1.68. The molecule has 182 valence electrons. The molecule has 0 aromatic heterocycles. The Labute approximate surface area is 198 Å². The second kappa shape index (κ2) is 9.72. The van der Waals surface area contributed by atoms with Crippen molar-refractivity contribution >= 4 is 10.8 Å². The maximum Gasteiger partial charge on any atom is 0.422 e. The molecule has 0 aliphatic rings. The van der Waals surface area contributed by atoms with Gasteiger partial charge in [0.2, 0.25) is 0 Å². The number of fused-ring (bicyclic) bond motifs is 1. The molecule has 0 bridgehead atoms. The average molecular weight is 490 g/mol. The Bertz CT molecular complexity index is 1360. The van der Waals surface area contributed by atoms with E-state index in [9.17, 15) is 26.3 Å². The first kappa shape index (κ1) is 24.8. The lowest BCUT2D eigenvalue weighted by Gasteiger charge is -2.13. The van der Waals surface area contributed by atoms with Gasteiger partial charge in [0.05, 0.1) is 0 Å². The second-order valence-corrected chi connectivity index (χ2v) is 8.45. The summed E-state index contributed by atoms with van der Waals surface area (Å²) in [5.41, 5.74) is -1.32. The molecule has 0 fully saturated rings. The first-order chi connectivity index (χ1) is 16.6. The van der Waals surface area contributed by atoms with Crippen LogP contribution in [-0.4, -0.2) is 0 Å². The topological polar surface area (TPSA) is 0 Å². The molecule has 0 saturated carbocycles. The molecule has 0 heterocycles. The Morgan fingerprint density at radius 3 is 1.94 bits per heavy atom. The molecule has 4 aromatic carbocycles. The first-order valence-corrected chi connectivity index (χ1v) is 11.2. The van der Waals surface area contributed by atoms with Gasteiger partial charge >= 0.3 is 6.18 Å².